The molecule has 0 bridgehead atoms. The first-order valence-corrected chi connectivity index (χ1v) is 26.5. The first-order valence-electron chi connectivity index (χ1n) is 23.7. The summed E-state index contributed by atoms with van der Waals surface area (Å²) in [5, 5.41) is 8.58. The van der Waals surface area contributed by atoms with Gasteiger partial charge in [-0.05, 0) is 145 Å². The second-order valence-electron chi connectivity index (χ2n) is 18.8. The van der Waals surface area contributed by atoms with Crippen LogP contribution in [-0.2, 0) is 120 Å². The van der Waals surface area contributed by atoms with E-state index in [1.54, 1.807) is 14.1 Å². The molecular formula is C49H57N9O8S2. The van der Waals surface area contributed by atoms with Crippen molar-refractivity contribution >= 4 is 49.7 Å². The number of amides is 3. The highest BCUT2D eigenvalue weighted by Crippen LogP contribution is 2.38. The molecule has 0 saturated carbocycles. The largest absolute Gasteiger partial charge is 0.445 e. The summed E-state index contributed by atoms with van der Waals surface area (Å²) in [7, 11) is -6.53. The molecule has 2 unspecified atom stereocenters. The summed E-state index contributed by atoms with van der Waals surface area (Å²) in [6.45, 7) is -0.479. The van der Waals surface area contributed by atoms with Gasteiger partial charge in [0.15, 0.2) is 0 Å². The van der Waals surface area contributed by atoms with Crippen molar-refractivity contribution in [2.45, 2.75) is 115 Å². The van der Waals surface area contributed by atoms with Gasteiger partial charge in [0.05, 0.1) is 48.7 Å². The summed E-state index contributed by atoms with van der Waals surface area (Å²) in [5.74, 6) is -1.47. The highest BCUT2D eigenvalue weighted by Gasteiger charge is 2.48. The number of anilines is 2. The molecule has 0 spiro atoms. The van der Waals surface area contributed by atoms with Gasteiger partial charge >= 0.3 is 26.5 Å². The minimum Gasteiger partial charge on any atom is -0.445 e. The Hall–Kier alpha value is -6.21. The molecule has 19 heteroatoms. The van der Waals surface area contributed by atoms with Gasteiger partial charge in [-0.25, -0.2) is 22.8 Å². The molecule has 5 aliphatic rings. The van der Waals surface area contributed by atoms with E-state index in [2.05, 4.69) is 31.8 Å². The fourth-order valence-electron chi connectivity index (χ4n) is 11.5. The normalized spacial score (nSPS) is 18.4. The highest BCUT2D eigenvalue weighted by atomic mass is 32.2. The number of likely N-dealkylation sites (tertiary alicyclic amines) is 1. The van der Waals surface area contributed by atoms with Crippen molar-refractivity contribution in [3.05, 3.63) is 128 Å². The molecule has 3 heterocycles. The minimum absolute atomic E-state index is 0.0168. The number of carbonyl (C=O) groups excluding carboxylic acids is 3. The molecule has 1 fully saturated rings. The Morgan fingerprint density at radius 1 is 0.647 bits per heavy atom. The number of fused-ring (bicyclic) bond motifs is 4. The number of nitrogens with zero attached hydrogens (tertiary/aromatic N) is 7. The molecule has 358 valence electrons. The van der Waals surface area contributed by atoms with E-state index in [4.69, 9.17) is 4.74 Å². The maximum absolute atomic E-state index is 15.2. The number of piperidine rings is 1. The Kier molecular flexibility index (Phi) is 12.3. The maximum atomic E-state index is 15.2. The number of nitrogens with one attached hydrogen (secondary N) is 2. The summed E-state index contributed by atoms with van der Waals surface area (Å²) in [5.41, 5.74) is 11.9. The third-order valence-corrected chi connectivity index (χ3v) is 17.3. The molecule has 2 aromatic heterocycles. The van der Waals surface area contributed by atoms with Crippen molar-refractivity contribution in [1.29, 1.82) is 0 Å². The Morgan fingerprint density at radius 3 is 1.51 bits per heavy atom. The van der Waals surface area contributed by atoms with E-state index in [0.29, 0.717) is 0 Å². The smallest absolute Gasteiger partial charge is 0.410 e. The van der Waals surface area contributed by atoms with Crippen LogP contribution in [0.5, 0.6) is 0 Å². The standard InChI is InChI=1S/C49H57N9O8S2/c1-54-28-37(26-50-54)57(67(62,63)52-47(59)24-43-39-16-6-12-33(39)22-34-13-7-17-40(34)43)45-20-21-56(49(61)66-31-32-10-4-3-5-11-32)30-46(45)58(38-27-51-55(2)29-38)68(64,65)53-48(60)25-44-41-18-8-14-35(41)23-36-15-9-19-42(36)44/h3-5,10-11,22-23,26-29,45-46H,6-9,12-21,24-25,30-31H2,1-2H3,(H,52,59)(H,53,60). The lowest BCUT2D eigenvalue weighted by Crippen LogP contribution is -2.66. The SMILES string of the molecule is Cn1cc(N(C2CCN(C(=O)OCc3ccccc3)CC2N(c2cnn(C)c2)S(=O)(=O)NC(=O)Cc2c3c(cc4c2CCC4)CCC3)S(=O)(=O)NC(=O)Cc2c3c(cc4c2CCC4)CCC3)cn1. The minimum atomic E-state index is -4.91. The van der Waals surface area contributed by atoms with Gasteiger partial charge < -0.3 is 9.64 Å². The summed E-state index contributed by atoms with van der Waals surface area (Å²) in [6.07, 6.45) is 15.2. The monoisotopic (exact) mass is 963 g/mol. The van der Waals surface area contributed by atoms with Gasteiger partial charge in [0.2, 0.25) is 11.8 Å². The lowest BCUT2D eigenvalue weighted by molar-refractivity contribution is -0.119. The van der Waals surface area contributed by atoms with Crippen LogP contribution in [0.1, 0.15) is 93.3 Å². The van der Waals surface area contributed by atoms with E-state index in [1.165, 1.54) is 61.3 Å². The van der Waals surface area contributed by atoms with Crippen LogP contribution in [0.4, 0.5) is 16.2 Å². The van der Waals surface area contributed by atoms with Gasteiger partial charge in [0.25, 0.3) is 0 Å². The molecule has 3 aromatic carbocycles. The topological polar surface area (TPSA) is 198 Å². The molecule has 68 heavy (non-hydrogen) atoms. The van der Waals surface area contributed by atoms with Gasteiger partial charge in [0, 0.05) is 39.6 Å². The number of hydrogen-bond acceptors (Lipinski definition) is 10. The van der Waals surface area contributed by atoms with Crippen LogP contribution in [0.25, 0.3) is 0 Å². The molecular weight excluding hydrogens is 907 g/mol. The average Bonchev–Trinajstić information content (AvgIpc) is 4.16. The highest BCUT2D eigenvalue weighted by molar-refractivity contribution is 7.92. The Balaban J connectivity index is 1.01. The van der Waals surface area contributed by atoms with E-state index >= 15 is 16.8 Å². The van der Waals surface area contributed by atoms with Gasteiger partial charge in [-0.1, -0.05) is 42.5 Å². The molecule has 1 saturated heterocycles. The molecule has 3 amide bonds. The lowest BCUT2D eigenvalue weighted by atomic mass is 9.92. The van der Waals surface area contributed by atoms with Gasteiger partial charge in [-0.3, -0.25) is 19.0 Å². The molecule has 2 atom stereocenters. The number of ether oxygens (including phenoxy) is 1. The van der Waals surface area contributed by atoms with Crippen molar-refractivity contribution in [2.24, 2.45) is 14.1 Å². The predicted octanol–water partition coefficient (Wildman–Crippen LogP) is 4.41. The fraction of sp³-hybridized carbons (Fsp3) is 0.449. The molecule has 0 radical (unpaired) electrons. The number of aryl methyl sites for hydroxylation is 6. The number of aromatic nitrogens is 4. The van der Waals surface area contributed by atoms with Crippen LogP contribution < -0.4 is 18.1 Å². The zero-order chi connectivity index (χ0) is 47.3. The maximum Gasteiger partial charge on any atom is 0.410 e. The molecule has 17 nitrogen and oxygen atoms in total. The van der Waals surface area contributed by atoms with Crippen molar-refractivity contribution < 1.29 is 36.0 Å². The molecule has 2 N–H and O–H groups in total. The van der Waals surface area contributed by atoms with Crippen molar-refractivity contribution in [1.82, 2.24) is 33.9 Å². The second-order valence-corrected chi connectivity index (χ2v) is 21.9. The Morgan fingerprint density at radius 2 is 1.09 bits per heavy atom. The predicted molar refractivity (Wildman–Crippen MR) is 254 cm³/mol. The van der Waals surface area contributed by atoms with Gasteiger partial charge in [-0.15, -0.1) is 0 Å². The first kappa shape index (κ1) is 45.6. The Bertz CT molecular complexity index is 2960. The Labute approximate surface area is 397 Å². The van der Waals surface area contributed by atoms with Gasteiger partial charge in [0.1, 0.15) is 6.61 Å². The van der Waals surface area contributed by atoms with E-state index < -0.39 is 50.4 Å². The zero-order valence-corrected chi connectivity index (χ0v) is 40.1. The summed E-state index contributed by atoms with van der Waals surface area (Å²) in [6, 6.07) is 10.9. The van der Waals surface area contributed by atoms with Crippen LogP contribution >= 0.6 is 0 Å². The van der Waals surface area contributed by atoms with E-state index in [9.17, 15) is 14.4 Å². The average molecular weight is 964 g/mol. The summed E-state index contributed by atoms with van der Waals surface area (Å²) in [4.78, 5) is 43.8. The third-order valence-electron chi connectivity index (χ3n) is 14.4. The van der Waals surface area contributed by atoms with Crippen LogP contribution in [-0.4, -0.2) is 84.4 Å². The second kappa shape index (κ2) is 18.4. The van der Waals surface area contributed by atoms with Crippen molar-refractivity contribution in [3.63, 3.8) is 0 Å². The molecule has 5 aromatic rings. The van der Waals surface area contributed by atoms with E-state index in [-0.39, 0.29) is 50.3 Å². The number of benzene rings is 3. The van der Waals surface area contributed by atoms with Crippen LogP contribution in [0.3, 0.4) is 0 Å². The van der Waals surface area contributed by atoms with E-state index in [0.717, 1.165) is 125 Å². The number of hydrogen-bond donors (Lipinski definition) is 2. The quantitative estimate of drug-likeness (QED) is 0.161. The van der Waals surface area contributed by atoms with Crippen LogP contribution in [0.15, 0.2) is 67.3 Å². The third kappa shape index (κ3) is 8.97. The van der Waals surface area contributed by atoms with Crippen LogP contribution in [0.2, 0.25) is 0 Å². The molecule has 10 rings (SSSR count). The lowest BCUT2D eigenvalue weighted by Gasteiger charge is -2.46. The van der Waals surface area contributed by atoms with Crippen LogP contribution in [0, 0.1) is 0 Å². The zero-order valence-electron chi connectivity index (χ0n) is 38.4. The fourth-order valence-corrected chi connectivity index (χ4v) is 14.4. The molecule has 4 aliphatic carbocycles. The number of carbonyl (C=O) groups is 3. The summed E-state index contributed by atoms with van der Waals surface area (Å²) < 4.78 is 75.8. The summed E-state index contributed by atoms with van der Waals surface area (Å²) >= 11 is 0. The van der Waals surface area contributed by atoms with Crippen molar-refractivity contribution in [2.75, 3.05) is 21.7 Å². The van der Waals surface area contributed by atoms with Crippen molar-refractivity contribution in [3.8, 4) is 0 Å². The molecule has 1 aliphatic heterocycles. The van der Waals surface area contributed by atoms with E-state index in [1.807, 2.05) is 30.3 Å². The van der Waals surface area contributed by atoms with Gasteiger partial charge in [-0.2, -0.15) is 27.0 Å². The first-order chi connectivity index (χ1) is 32.7. The number of rotatable bonds is 14.